The Morgan fingerprint density at radius 2 is 2.00 bits per heavy atom. The van der Waals surface area contributed by atoms with Crippen molar-refractivity contribution in [3.63, 3.8) is 0 Å². The lowest BCUT2D eigenvalue weighted by atomic mass is 9.89. The number of aliphatic hydroxyl groups is 1. The normalized spacial score (nSPS) is 19.1. The summed E-state index contributed by atoms with van der Waals surface area (Å²) in [5.74, 6) is -0.702. The molecule has 0 aliphatic heterocycles. The summed E-state index contributed by atoms with van der Waals surface area (Å²) in [5, 5.41) is 17.8. The molecule has 0 aromatic heterocycles. The fourth-order valence-electron chi connectivity index (χ4n) is 1.81. The molecule has 0 saturated heterocycles. The number of aliphatic carboxylic acids is 1. The predicted octanol–water partition coefficient (Wildman–Crippen LogP) is 2.11. The van der Waals surface area contributed by atoms with Crippen LogP contribution in [0, 0.1) is 5.92 Å². The molecule has 0 heterocycles. The molecule has 15 heavy (non-hydrogen) atoms. The third kappa shape index (κ3) is 3.90. The van der Waals surface area contributed by atoms with Gasteiger partial charge in [0.05, 0.1) is 0 Å². The zero-order valence-electron chi connectivity index (χ0n) is 9.07. The summed E-state index contributed by atoms with van der Waals surface area (Å²) >= 11 is 0. The Morgan fingerprint density at radius 1 is 1.40 bits per heavy atom. The fraction of sp³-hybridized carbons (Fsp3) is 0.667. The highest BCUT2D eigenvalue weighted by Gasteiger charge is 2.15. The van der Waals surface area contributed by atoms with E-state index < -0.39 is 12.1 Å². The van der Waals surface area contributed by atoms with Gasteiger partial charge in [-0.15, -0.1) is 5.73 Å². The van der Waals surface area contributed by atoms with Crippen molar-refractivity contribution in [2.24, 2.45) is 5.92 Å². The van der Waals surface area contributed by atoms with Gasteiger partial charge in [0.15, 0.2) is 6.10 Å². The maximum Gasteiger partial charge on any atom is 0.337 e. The van der Waals surface area contributed by atoms with E-state index >= 15 is 0 Å². The Morgan fingerprint density at radius 3 is 2.53 bits per heavy atom. The molecule has 3 heteroatoms. The second-order valence-electron chi connectivity index (χ2n) is 4.13. The van der Waals surface area contributed by atoms with Crippen molar-refractivity contribution in [2.75, 3.05) is 0 Å². The van der Waals surface area contributed by atoms with Gasteiger partial charge in [0.25, 0.3) is 0 Å². The lowest BCUT2D eigenvalue weighted by Gasteiger charge is -2.16. The van der Waals surface area contributed by atoms with Crippen LogP contribution in [0.3, 0.4) is 0 Å². The van der Waals surface area contributed by atoms with Crippen LogP contribution in [-0.4, -0.2) is 22.3 Å². The Hall–Kier alpha value is -1.05. The van der Waals surface area contributed by atoms with Crippen LogP contribution in [0.5, 0.6) is 0 Å². The highest BCUT2D eigenvalue weighted by Crippen LogP contribution is 2.24. The van der Waals surface area contributed by atoms with Gasteiger partial charge in [-0.1, -0.05) is 19.3 Å². The number of carbonyl (C=O) groups is 1. The summed E-state index contributed by atoms with van der Waals surface area (Å²) in [6, 6.07) is 0. The summed E-state index contributed by atoms with van der Waals surface area (Å²) in [6.45, 7) is 1.60. The highest BCUT2D eigenvalue weighted by molar-refractivity contribution is 5.75. The van der Waals surface area contributed by atoms with Crippen LogP contribution < -0.4 is 0 Å². The standard InChI is InChI=1S/C12H18O3/c1-9(11(13)12(14)15)7-8-10-5-3-2-4-6-10/h8,10-11,13H,2-6H2,1H3,(H,14,15)/t7?,11-/m0/s1. The van der Waals surface area contributed by atoms with Crippen LogP contribution in [0.15, 0.2) is 17.4 Å². The molecule has 0 amide bonds. The topological polar surface area (TPSA) is 57.5 Å². The molecule has 0 aromatic carbocycles. The molecule has 0 aromatic rings. The largest absolute Gasteiger partial charge is 0.479 e. The van der Waals surface area contributed by atoms with E-state index in [0.717, 1.165) is 12.8 Å². The molecule has 1 atom stereocenters. The minimum atomic E-state index is -1.41. The summed E-state index contributed by atoms with van der Waals surface area (Å²) in [7, 11) is 0. The minimum Gasteiger partial charge on any atom is -0.479 e. The maximum atomic E-state index is 10.5. The van der Waals surface area contributed by atoms with E-state index in [1.165, 1.54) is 19.3 Å². The molecule has 0 spiro atoms. The molecular formula is C12H18O3. The Labute approximate surface area is 90.1 Å². The highest BCUT2D eigenvalue weighted by atomic mass is 16.4. The molecule has 1 aliphatic carbocycles. The van der Waals surface area contributed by atoms with Crippen molar-refractivity contribution in [1.82, 2.24) is 0 Å². The summed E-state index contributed by atoms with van der Waals surface area (Å²) in [6.07, 6.45) is 6.59. The first-order valence-corrected chi connectivity index (χ1v) is 5.45. The SMILES string of the molecule is CC(=C=CC1CCCCC1)[C@H](O)C(=O)O. The third-order valence-electron chi connectivity index (χ3n) is 2.84. The number of hydrogen-bond donors (Lipinski definition) is 2. The van der Waals surface area contributed by atoms with Gasteiger partial charge in [0.1, 0.15) is 0 Å². The molecule has 1 fully saturated rings. The van der Waals surface area contributed by atoms with E-state index in [1.807, 2.05) is 6.08 Å². The molecular weight excluding hydrogens is 192 g/mol. The second-order valence-corrected chi connectivity index (χ2v) is 4.13. The van der Waals surface area contributed by atoms with Gasteiger partial charge >= 0.3 is 5.97 Å². The van der Waals surface area contributed by atoms with Gasteiger partial charge in [-0.05, 0) is 31.8 Å². The van der Waals surface area contributed by atoms with Gasteiger partial charge in [-0.25, -0.2) is 4.79 Å². The number of hydrogen-bond acceptors (Lipinski definition) is 2. The van der Waals surface area contributed by atoms with Crippen LogP contribution in [-0.2, 0) is 4.79 Å². The molecule has 0 radical (unpaired) electrons. The molecule has 1 aliphatic rings. The van der Waals surface area contributed by atoms with Crippen LogP contribution in [0.25, 0.3) is 0 Å². The predicted molar refractivity (Wildman–Crippen MR) is 57.5 cm³/mol. The van der Waals surface area contributed by atoms with E-state index in [0.29, 0.717) is 11.5 Å². The Bertz CT molecular complexity index is 281. The van der Waals surface area contributed by atoms with Gasteiger partial charge in [0, 0.05) is 5.57 Å². The van der Waals surface area contributed by atoms with Gasteiger partial charge in [-0.2, -0.15) is 0 Å². The quantitative estimate of drug-likeness (QED) is 0.701. The Kier molecular flexibility index (Phi) is 4.60. The average molecular weight is 210 g/mol. The van der Waals surface area contributed by atoms with Crippen LogP contribution in [0.1, 0.15) is 39.0 Å². The monoisotopic (exact) mass is 210 g/mol. The third-order valence-corrected chi connectivity index (χ3v) is 2.84. The Balaban J connectivity index is 2.59. The lowest BCUT2D eigenvalue weighted by Crippen LogP contribution is -2.20. The number of carboxylic acids is 1. The first-order valence-electron chi connectivity index (χ1n) is 5.45. The fourth-order valence-corrected chi connectivity index (χ4v) is 1.81. The van der Waals surface area contributed by atoms with Crippen molar-refractivity contribution >= 4 is 5.97 Å². The van der Waals surface area contributed by atoms with Gasteiger partial charge in [0.2, 0.25) is 0 Å². The first kappa shape index (κ1) is 12.0. The van der Waals surface area contributed by atoms with Crippen molar-refractivity contribution in [3.05, 3.63) is 17.4 Å². The molecule has 1 saturated carbocycles. The van der Waals surface area contributed by atoms with E-state index in [9.17, 15) is 9.90 Å². The van der Waals surface area contributed by atoms with Crippen molar-refractivity contribution in [3.8, 4) is 0 Å². The maximum absolute atomic E-state index is 10.5. The second kappa shape index (κ2) is 5.74. The van der Waals surface area contributed by atoms with Crippen molar-refractivity contribution in [2.45, 2.75) is 45.1 Å². The molecule has 0 unspecified atom stereocenters. The van der Waals surface area contributed by atoms with E-state index in [2.05, 4.69) is 5.73 Å². The number of rotatable bonds is 3. The first-order chi connectivity index (χ1) is 7.11. The van der Waals surface area contributed by atoms with E-state index in [-0.39, 0.29) is 0 Å². The van der Waals surface area contributed by atoms with Gasteiger partial charge in [-0.3, -0.25) is 0 Å². The number of aliphatic hydroxyl groups excluding tert-OH is 1. The zero-order valence-corrected chi connectivity index (χ0v) is 9.07. The summed E-state index contributed by atoms with van der Waals surface area (Å²) in [5.41, 5.74) is 3.28. The van der Waals surface area contributed by atoms with Crippen LogP contribution in [0.4, 0.5) is 0 Å². The molecule has 1 rings (SSSR count). The number of carboxylic acid groups (broad SMARTS) is 1. The average Bonchev–Trinajstić information content (AvgIpc) is 2.26. The van der Waals surface area contributed by atoms with E-state index in [1.54, 1.807) is 6.92 Å². The van der Waals surface area contributed by atoms with E-state index in [4.69, 9.17) is 5.11 Å². The minimum absolute atomic E-state index is 0.382. The molecule has 0 bridgehead atoms. The van der Waals surface area contributed by atoms with Crippen LogP contribution in [0.2, 0.25) is 0 Å². The zero-order chi connectivity index (χ0) is 11.3. The lowest BCUT2D eigenvalue weighted by molar-refractivity contribution is -0.144. The summed E-state index contributed by atoms with van der Waals surface area (Å²) < 4.78 is 0. The van der Waals surface area contributed by atoms with Crippen LogP contribution >= 0.6 is 0 Å². The molecule has 84 valence electrons. The van der Waals surface area contributed by atoms with Crippen molar-refractivity contribution < 1.29 is 15.0 Å². The van der Waals surface area contributed by atoms with Crippen molar-refractivity contribution in [1.29, 1.82) is 0 Å². The summed E-state index contributed by atoms with van der Waals surface area (Å²) in [4.78, 5) is 10.5. The smallest absolute Gasteiger partial charge is 0.337 e. The van der Waals surface area contributed by atoms with Gasteiger partial charge < -0.3 is 10.2 Å². The molecule has 2 N–H and O–H groups in total. The molecule has 3 nitrogen and oxygen atoms in total.